The molecule has 0 radical (unpaired) electrons. The number of hydrogen-bond donors (Lipinski definition) is 2. The Morgan fingerprint density at radius 3 is 2.30 bits per heavy atom. The van der Waals surface area contributed by atoms with Crippen LogP contribution >= 0.6 is 12.2 Å². The first-order chi connectivity index (χ1) is 9.36. The van der Waals surface area contributed by atoms with Gasteiger partial charge in [0.15, 0.2) is 0 Å². The molecule has 7 heteroatoms. The van der Waals surface area contributed by atoms with Gasteiger partial charge >= 0.3 is 6.18 Å². The molecular formula is C13H10F3N3S. The Labute approximate surface area is 118 Å². The van der Waals surface area contributed by atoms with Gasteiger partial charge in [-0.15, -0.1) is 0 Å². The molecule has 0 amide bonds. The average molecular weight is 297 g/mol. The maximum Gasteiger partial charge on any atom is 0.416 e. The van der Waals surface area contributed by atoms with Gasteiger partial charge in [0.2, 0.25) is 0 Å². The standard InChI is InChI=1S/C13H10F3N3S/c14-13(15,16)8-4-6-9(7-5-8)18-11-3-1-2-10(19-11)12(17)20/h1-7H,(H2,17,20)(H,18,19). The first-order valence-corrected chi connectivity index (χ1v) is 5.98. The van der Waals surface area contributed by atoms with Crippen molar-refractivity contribution >= 4 is 28.7 Å². The van der Waals surface area contributed by atoms with Crippen molar-refractivity contribution in [3.63, 3.8) is 0 Å². The number of pyridine rings is 1. The van der Waals surface area contributed by atoms with Crippen LogP contribution in [-0.4, -0.2) is 9.97 Å². The minimum absolute atomic E-state index is 0.154. The highest BCUT2D eigenvalue weighted by atomic mass is 32.1. The van der Waals surface area contributed by atoms with E-state index in [1.165, 1.54) is 12.1 Å². The summed E-state index contributed by atoms with van der Waals surface area (Å²) in [6, 6.07) is 9.68. The number of hydrogen-bond acceptors (Lipinski definition) is 3. The van der Waals surface area contributed by atoms with E-state index in [9.17, 15) is 13.2 Å². The van der Waals surface area contributed by atoms with Crippen LogP contribution in [-0.2, 0) is 6.18 Å². The van der Waals surface area contributed by atoms with Gasteiger partial charge in [0.1, 0.15) is 10.8 Å². The Balaban J connectivity index is 2.18. The summed E-state index contributed by atoms with van der Waals surface area (Å²) < 4.78 is 37.3. The molecular weight excluding hydrogens is 287 g/mol. The highest BCUT2D eigenvalue weighted by Crippen LogP contribution is 2.30. The van der Waals surface area contributed by atoms with E-state index < -0.39 is 11.7 Å². The summed E-state index contributed by atoms with van der Waals surface area (Å²) in [4.78, 5) is 4.29. The van der Waals surface area contributed by atoms with Gasteiger partial charge in [-0.2, -0.15) is 13.2 Å². The monoisotopic (exact) mass is 297 g/mol. The van der Waals surface area contributed by atoms with Crippen molar-refractivity contribution in [3.05, 3.63) is 53.7 Å². The first-order valence-electron chi connectivity index (χ1n) is 5.57. The number of rotatable bonds is 3. The lowest BCUT2D eigenvalue weighted by Crippen LogP contribution is -2.12. The van der Waals surface area contributed by atoms with Crippen LogP contribution in [0.25, 0.3) is 0 Å². The first kappa shape index (κ1) is 14.3. The van der Waals surface area contributed by atoms with Gasteiger partial charge in [-0.3, -0.25) is 0 Å². The molecule has 3 N–H and O–H groups in total. The molecule has 1 aromatic carbocycles. The summed E-state index contributed by atoms with van der Waals surface area (Å²) in [5, 5.41) is 2.88. The molecule has 0 aliphatic carbocycles. The topological polar surface area (TPSA) is 50.9 Å². The van der Waals surface area contributed by atoms with E-state index in [0.717, 1.165) is 12.1 Å². The third-order valence-corrected chi connectivity index (χ3v) is 2.70. The number of halogens is 3. The molecule has 0 unspecified atom stereocenters. The van der Waals surface area contributed by atoms with Gasteiger partial charge in [-0.25, -0.2) is 4.98 Å². The van der Waals surface area contributed by atoms with E-state index in [0.29, 0.717) is 17.2 Å². The summed E-state index contributed by atoms with van der Waals surface area (Å²) in [5.74, 6) is 0.454. The van der Waals surface area contributed by atoms with Gasteiger partial charge in [0.25, 0.3) is 0 Å². The van der Waals surface area contributed by atoms with Crippen LogP contribution in [0.1, 0.15) is 11.3 Å². The number of nitrogens with zero attached hydrogens (tertiary/aromatic N) is 1. The van der Waals surface area contributed by atoms with E-state index in [1.807, 2.05) is 0 Å². The molecule has 20 heavy (non-hydrogen) atoms. The highest BCUT2D eigenvalue weighted by molar-refractivity contribution is 7.80. The molecule has 104 valence electrons. The summed E-state index contributed by atoms with van der Waals surface area (Å²) in [7, 11) is 0. The van der Waals surface area contributed by atoms with Gasteiger partial charge in [0, 0.05) is 5.69 Å². The van der Waals surface area contributed by atoms with Crippen LogP contribution in [0.15, 0.2) is 42.5 Å². The molecule has 0 bridgehead atoms. The van der Waals surface area contributed by atoms with E-state index >= 15 is 0 Å². The number of aromatic nitrogens is 1. The molecule has 0 fully saturated rings. The smallest absolute Gasteiger partial charge is 0.388 e. The van der Waals surface area contributed by atoms with Crippen molar-refractivity contribution < 1.29 is 13.2 Å². The van der Waals surface area contributed by atoms with E-state index in [-0.39, 0.29) is 4.99 Å². The third-order valence-electron chi connectivity index (χ3n) is 2.49. The van der Waals surface area contributed by atoms with E-state index in [1.54, 1.807) is 18.2 Å². The van der Waals surface area contributed by atoms with Crippen molar-refractivity contribution in [2.24, 2.45) is 5.73 Å². The SMILES string of the molecule is NC(=S)c1cccc(Nc2ccc(C(F)(F)F)cc2)n1. The van der Waals surface area contributed by atoms with Crippen LogP contribution in [0.4, 0.5) is 24.7 Å². The lowest BCUT2D eigenvalue weighted by atomic mass is 10.2. The second-order valence-corrected chi connectivity index (χ2v) is 4.41. The average Bonchev–Trinajstić information content (AvgIpc) is 2.38. The van der Waals surface area contributed by atoms with Crippen molar-refractivity contribution in [3.8, 4) is 0 Å². The van der Waals surface area contributed by atoms with Crippen LogP contribution in [0.2, 0.25) is 0 Å². The zero-order valence-electron chi connectivity index (χ0n) is 10.1. The molecule has 0 saturated carbocycles. The Morgan fingerprint density at radius 2 is 1.75 bits per heavy atom. The van der Waals surface area contributed by atoms with Crippen LogP contribution in [0, 0.1) is 0 Å². The summed E-state index contributed by atoms with van der Waals surface area (Å²) in [6.07, 6.45) is -4.34. The van der Waals surface area contributed by atoms with E-state index in [2.05, 4.69) is 10.3 Å². The molecule has 0 atom stereocenters. The zero-order valence-corrected chi connectivity index (χ0v) is 10.9. The number of nitrogens with two attached hydrogens (primary N) is 1. The van der Waals surface area contributed by atoms with Crippen molar-refractivity contribution in [1.82, 2.24) is 4.98 Å². The van der Waals surface area contributed by atoms with Gasteiger partial charge in [-0.05, 0) is 36.4 Å². The predicted molar refractivity (Wildman–Crippen MR) is 74.9 cm³/mol. The van der Waals surface area contributed by atoms with Gasteiger partial charge < -0.3 is 11.1 Å². The number of thiocarbonyl (C=S) groups is 1. The number of benzene rings is 1. The van der Waals surface area contributed by atoms with Gasteiger partial charge in [-0.1, -0.05) is 18.3 Å². The van der Waals surface area contributed by atoms with Crippen molar-refractivity contribution in [2.75, 3.05) is 5.32 Å². The Hall–Kier alpha value is -2.15. The lowest BCUT2D eigenvalue weighted by molar-refractivity contribution is -0.137. The molecule has 2 aromatic rings. The van der Waals surface area contributed by atoms with Gasteiger partial charge in [0.05, 0.1) is 11.3 Å². The second kappa shape index (κ2) is 5.46. The molecule has 0 aliphatic heterocycles. The number of alkyl halides is 3. The largest absolute Gasteiger partial charge is 0.416 e. The second-order valence-electron chi connectivity index (χ2n) is 3.97. The van der Waals surface area contributed by atoms with Crippen LogP contribution < -0.4 is 11.1 Å². The molecule has 1 aromatic heterocycles. The zero-order chi connectivity index (χ0) is 14.8. The van der Waals surface area contributed by atoms with Crippen molar-refractivity contribution in [2.45, 2.75) is 6.18 Å². The minimum Gasteiger partial charge on any atom is -0.388 e. The highest BCUT2D eigenvalue weighted by Gasteiger charge is 2.29. The molecule has 1 heterocycles. The lowest BCUT2D eigenvalue weighted by Gasteiger charge is -2.09. The fraction of sp³-hybridized carbons (Fsp3) is 0.0769. The number of anilines is 2. The Kier molecular flexibility index (Phi) is 3.89. The van der Waals surface area contributed by atoms with Crippen LogP contribution in [0.5, 0.6) is 0 Å². The molecule has 0 spiro atoms. The molecule has 0 saturated heterocycles. The predicted octanol–water partition coefficient (Wildman–Crippen LogP) is 3.48. The van der Waals surface area contributed by atoms with E-state index in [4.69, 9.17) is 18.0 Å². The van der Waals surface area contributed by atoms with Crippen LogP contribution in [0.3, 0.4) is 0 Å². The maximum atomic E-state index is 12.4. The summed E-state index contributed by atoms with van der Waals surface area (Å²) in [6.45, 7) is 0. The maximum absolute atomic E-state index is 12.4. The summed E-state index contributed by atoms with van der Waals surface area (Å²) in [5.41, 5.74) is 5.69. The Morgan fingerprint density at radius 1 is 1.10 bits per heavy atom. The fourth-order valence-electron chi connectivity index (χ4n) is 1.53. The minimum atomic E-state index is -4.34. The molecule has 0 aliphatic rings. The number of nitrogens with one attached hydrogen (secondary N) is 1. The Bertz CT molecular complexity index is 624. The summed E-state index contributed by atoms with van der Waals surface area (Å²) >= 11 is 4.81. The quantitative estimate of drug-likeness (QED) is 0.852. The normalized spacial score (nSPS) is 11.2. The molecule has 3 nitrogen and oxygen atoms in total. The molecule has 2 rings (SSSR count). The van der Waals surface area contributed by atoms with Crippen molar-refractivity contribution in [1.29, 1.82) is 0 Å². The fourth-order valence-corrected chi connectivity index (χ4v) is 1.65. The third kappa shape index (κ3) is 3.45.